The molecule has 0 unspecified atom stereocenters. The Kier molecular flexibility index (Phi) is 4.11. The number of ether oxygens (including phenoxy) is 1. The second kappa shape index (κ2) is 5.81. The zero-order chi connectivity index (χ0) is 14.7. The van der Waals surface area contributed by atoms with Crippen LogP contribution in [-0.4, -0.2) is 65.3 Å². The van der Waals surface area contributed by atoms with Crippen molar-refractivity contribution in [2.24, 2.45) is 0 Å². The Labute approximate surface area is 116 Å². The van der Waals surface area contributed by atoms with Crippen LogP contribution in [0.3, 0.4) is 0 Å². The molecule has 1 aromatic rings. The zero-order valence-corrected chi connectivity index (χ0v) is 11.7. The summed E-state index contributed by atoms with van der Waals surface area (Å²) >= 11 is 0. The second-order valence-electron chi connectivity index (χ2n) is 4.57. The topological polar surface area (TPSA) is 105 Å². The number of anilines is 1. The van der Waals surface area contributed by atoms with Crippen LogP contribution in [0.15, 0.2) is 0 Å². The summed E-state index contributed by atoms with van der Waals surface area (Å²) in [5, 5.41) is 6.76. The number of carbonyl (C=O) groups excluding carboxylic acids is 2. The van der Waals surface area contributed by atoms with E-state index in [1.165, 1.54) is 7.11 Å². The molecule has 1 saturated heterocycles. The van der Waals surface area contributed by atoms with E-state index in [9.17, 15) is 9.59 Å². The average molecular weight is 281 g/mol. The largest absolute Gasteiger partial charge is 0.453 e. The van der Waals surface area contributed by atoms with Gasteiger partial charge in [-0.05, 0) is 6.42 Å². The lowest BCUT2D eigenvalue weighted by Gasteiger charge is -2.33. The van der Waals surface area contributed by atoms with Crippen molar-refractivity contribution in [3.8, 4) is 0 Å². The average Bonchev–Trinajstić information content (AvgIpc) is 2.86. The summed E-state index contributed by atoms with van der Waals surface area (Å²) in [4.78, 5) is 26.9. The molecule has 0 bridgehead atoms. The Morgan fingerprint density at radius 2 is 1.90 bits per heavy atom. The molecule has 0 aromatic carbocycles. The summed E-state index contributed by atoms with van der Waals surface area (Å²) in [5.41, 5.74) is 7.33. The fourth-order valence-corrected chi connectivity index (χ4v) is 2.19. The van der Waals surface area contributed by atoms with Crippen LogP contribution < -0.4 is 5.73 Å². The molecule has 0 aliphatic carbocycles. The molecule has 3 N–H and O–H groups in total. The molecule has 1 aromatic heterocycles. The van der Waals surface area contributed by atoms with E-state index in [1.807, 2.05) is 6.92 Å². The molecule has 2 heterocycles. The first kappa shape index (κ1) is 14.2. The molecule has 0 saturated carbocycles. The van der Waals surface area contributed by atoms with Gasteiger partial charge < -0.3 is 20.3 Å². The summed E-state index contributed by atoms with van der Waals surface area (Å²) < 4.78 is 4.65. The number of carbonyl (C=O) groups is 2. The molecule has 110 valence electrons. The number of nitrogens with zero attached hydrogens (tertiary/aromatic N) is 3. The molecule has 0 atom stereocenters. The van der Waals surface area contributed by atoms with Crippen molar-refractivity contribution in [2.45, 2.75) is 13.3 Å². The number of rotatable bonds is 2. The van der Waals surface area contributed by atoms with Crippen molar-refractivity contribution >= 4 is 17.7 Å². The van der Waals surface area contributed by atoms with E-state index in [0.717, 1.165) is 5.69 Å². The minimum absolute atomic E-state index is 0.206. The van der Waals surface area contributed by atoms with Gasteiger partial charge in [-0.2, -0.15) is 5.10 Å². The molecule has 1 aliphatic rings. The molecule has 0 radical (unpaired) electrons. The SMILES string of the molecule is CCc1[nH]nc(C(=O)N2CCN(C(=O)OC)CC2)c1N. The van der Waals surface area contributed by atoms with Gasteiger partial charge in [0.1, 0.15) is 0 Å². The molecule has 20 heavy (non-hydrogen) atoms. The lowest BCUT2D eigenvalue weighted by atomic mass is 10.2. The molecule has 1 fully saturated rings. The van der Waals surface area contributed by atoms with Gasteiger partial charge in [0.2, 0.25) is 0 Å². The number of hydrogen-bond donors (Lipinski definition) is 2. The molecule has 8 heteroatoms. The van der Waals surface area contributed by atoms with Gasteiger partial charge in [-0.1, -0.05) is 6.92 Å². The van der Waals surface area contributed by atoms with Crippen LogP contribution in [0.4, 0.5) is 10.5 Å². The third-order valence-corrected chi connectivity index (χ3v) is 3.44. The Bertz CT molecular complexity index is 505. The number of piperazine rings is 1. The maximum Gasteiger partial charge on any atom is 0.409 e. The fraction of sp³-hybridized carbons (Fsp3) is 0.583. The number of H-pyrrole nitrogens is 1. The monoisotopic (exact) mass is 281 g/mol. The van der Waals surface area contributed by atoms with E-state index in [4.69, 9.17) is 5.73 Å². The molecular weight excluding hydrogens is 262 g/mol. The highest BCUT2D eigenvalue weighted by Crippen LogP contribution is 2.17. The first-order valence-electron chi connectivity index (χ1n) is 6.53. The highest BCUT2D eigenvalue weighted by molar-refractivity contribution is 5.97. The van der Waals surface area contributed by atoms with Crippen LogP contribution in [0.1, 0.15) is 23.1 Å². The number of hydrogen-bond acceptors (Lipinski definition) is 5. The Morgan fingerprint density at radius 1 is 1.30 bits per heavy atom. The lowest BCUT2D eigenvalue weighted by Crippen LogP contribution is -2.50. The van der Waals surface area contributed by atoms with Gasteiger partial charge in [-0.3, -0.25) is 9.89 Å². The zero-order valence-electron chi connectivity index (χ0n) is 11.7. The van der Waals surface area contributed by atoms with Crippen LogP contribution in [0, 0.1) is 0 Å². The second-order valence-corrected chi connectivity index (χ2v) is 4.57. The number of methoxy groups -OCH3 is 1. The summed E-state index contributed by atoms with van der Waals surface area (Å²) in [5.74, 6) is -0.206. The molecule has 2 rings (SSSR count). The summed E-state index contributed by atoms with van der Waals surface area (Å²) in [6.07, 6.45) is 0.326. The van der Waals surface area contributed by atoms with E-state index in [1.54, 1.807) is 9.80 Å². The third-order valence-electron chi connectivity index (χ3n) is 3.44. The number of nitrogen functional groups attached to an aromatic ring is 1. The van der Waals surface area contributed by atoms with Gasteiger partial charge in [-0.15, -0.1) is 0 Å². The van der Waals surface area contributed by atoms with Gasteiger partial charge in [0.15, 0.2) is 5.69 Å². The van der Waals surface area contributed by atoms with Crippen molar-refractivity contribution in [1.82, 2.24) is 20.0 Å². The molecule has 1 aliphatic heterocycles. The van der Waals surface area contributed by atoms with Gasteiger partial charge >= 0.3 is 6.09 Å². The van der Waals surface area contributed by atoms with Crippen molar-refractivity contribution in [3.63, 3.8) is 0 Å². The maximum absolute atomic E-state index is 12.3. The molecule has 2 amide bonds. The first-order valence-corrected chi connectivity index (χ1v) is 6.53. The van der Waals surface area contributed by atoms with E-state index in [0.29, 0.717) is 38.3 Å². The van der Waals surface area contributed by atoms with Crippen LogP contribution in [0.25, 0.3) is 0 Å². The Morgan fingerprint density at radius 3 is 2.40 bits per heavy atom. The molecule has 8 nitrogen and oxygen atoms in total. The highest BCUT2D eigenvalue weighted by atomic mass is 16.5. The minimum Gasteiger partial charge on any atom is -0.453 e. The van der Waals surface area contributed by atoms with Crippen LogP contribution >= 0.6 is 0 Å². The van der Waals surface area contributed by atoms with E-state index in [2.05, 4.69) is 14.9 Å². The number of nitrogens with two attached hydrogens (primary N) is 1. The summed E-state index contributed by atoms with van der Waals surface area (Å²) in [7, 11) is 1.34. The number of aryl methyl sites for hydroxylation is 1. The van der Waals surface area contributed by atoms with Gasteiger partial charge in [0.05, 0.1) is 18.5 Å². The van der Waals surface area contributed by atoms with Gasteiger partial charge in [0, 0.05) is 26.2 Å². The van der Waals surface area contributed by atoms with E-state index < -0.39 is 0 Å². The van der Waals surface area contributed by atoms with Crippen molar-refractivity contribution in [3.05, 3.63) is 11.4 Å². The predicted octanol–water partition coefficient (Wildman–Crippen LogP) is 0.0785. The van der Waals surface area contributed by atoms with Crippen molar-refractivity contribution in [1.29, 1.82) is 0 Å². The van der Waals surface area contributed by atoms with Crippen molar-refractivity contribution < 1.29 is 14.3 Å². The maximum atomic E-state index is 12.3. The first-order chi connectivity index (χ1) is 9.58. The number of aromatic amines is 1. The lowest BCUT2D eigenvalue weighted by molar-refractivity contribution is 0.0595. The van der Waals surface area contributed by atoms with Gasteiger partial charge in [-0.25, -0.2) is 4.79 Å². The third kappa shape index (κ3) is 2.54. The summed E-state index contributed by atoms with van der Waals surface area (Å²) in [6.45, 7) is 3.73. The van der Waals surface area contributed by atoms with Crippen molar-refractivity contribution in [2.75, 3.05) is 39.0 Å². The Balaban J connectivity index is 2.01. The minimum atomic E-state index is -0.371. The smallest absolute Gasteiger partial charge is 0.409 e. The van der Waals surface area contributed by atoms with Crippen LogP contribution in [0.2, 0.25) is 0 Å². The standard InChI is InChI=1S/C12H19N5O3/c1-3-8-9(13)10(15-14-8)11(18)16-4-6-17(7-5-16)12(19)20-2/h3-7,13H2,1-2H3,(H,14,15). The fourth-order valence-electron chi connectivity index (χ4n) is 2.19. The molecule has 0 spiro atoms. The quantitative estimate of drug-likeness (QED) is 0.798. The van der Waals surface area contributed by atoms with Gasteiger partial charge in [0.25, 0.3) is 5.91 Å². The van der Waals surface area contributed by atoms with Crippen LogP contribution in [0.5, 0.6) is 0 Å². The normalized spacial score (nSPS) is 15.3. The summed E-state index contributed by atoms with van der Waals surface area (Å²) in [6, 6.07) is 0. The predicted molar refractivity (Wildman–Crippen MR) is 72.3 cm³/mol. The number of nitrogens with one attached hydrogen (secondary N) is 1. The Hall–Kier alpha value is -2.25. The van der Waals surface area contributed by atoms with E-state index in [-0.39, 0.29) is 17.7 Å². The number of aromatic nitrogens is 2. The highest BCUT2D eigenvalue weighted by Gasteiger charge is 2.28. The molecular formula is C12H19N5O3. The van der Waals surface area contributed by atoms with E-state index >= 15 is 0 Å². The van der Waals surface area contributed by atoms with Crippen LogP contribution in [-0.2, 0) is 11.2 Å². The number of amides is 2.